The highest BCUT2D eigenvalue weighted by Crippen LogP contribution is 2.29. The summed E-state index contributed by atoms with van der Waals surface area (Å²) in [5, 5.41) is 4.67. The molecule has 0 aromatic heterocycles. The second kappa shape index (κ2) is 4.50. The first-order chi connectivity index (χ1) is 6.70. The zero-order valence-corrected chi connectivity index (χ0v) is 7.38. The predicted molar refractivity (Wildman–Crippen MR) is 46.9 cm³/mol. The van der Waals surface area contributed by atoms with Gasteiger partial charge in [0, 0.05) is 6.54 Å². The summed E-state index contributed by atoms with van der Waals surface area (Å²) >= 11 is 0. The number of nitrogens with zero attached hydrogens (tertiary/aromatic N) is 1. The number of rotatable bonds is 4. The Kier molecular flexibility index (Phi) is 3.33. The number of benzene rings is 1. The van der Waals surface area contributed by atoms with E-state index in [2.05, 4.69) is 15.5 Å². The molecule has 0 saturated heterocycles. The zero-order chi connectivity index (χ0) is 10.6. The first kappa shape index (κ1) is 10.4. The van der Waals surface area contributed by atoms with Crippen LogP contribution < -0.4 is 10.2 Å². The molecule has 1 aromatic carbocycles. The quantitative estimate of drug-likeness (QED) is 0.602. The Morgan fingerprint density at radius 2 is 2.21 bits per heavy atom. The van der Waals surface area contributed by atoms with Gasteiger partial charge >= 0.3 is 0 Å². The minimum Gasteiger partial charge on any atom is -0.380 e. The summed E-state index contributed by atoms with van der Waals surface area (Å²) in [7, 11) is 0. The van der Waals surface area contributed by atoms with Gasteiger partial charge in [0.25, 0.3) is 0 Å². The van der Waals surface area contributed by atoms with E-state index in [0.717, 1.165) is 12.1 Å². The van der Waals surface area contributed by atoms with Crippen LogP contribution in [0.15, 0.2) is 17.5 Å². The van der Waals surface area contributed by atoms with Gasteiger partial charge in [-0.15, -0.1) is 4.91 Å². The van der Waals surface area contributed by atoms with E-state index in [1.807, 2.05) is 0 Å². The standard InChI is InChI=1S/C8H8F2N2O2/c1-2-11-8-6(14-12-13)4-3-5(9)7(8)10/h3-4,11H,2H2,1H3. The Hall–Kier alpha value is -1.72. The molecule has 0 unspecified atom stereocenters. The third kappa shape index (κ3) is 1.95. The lowest BCUT2D eigenvalue weighted by Gasteiger charge is -2.08. The van der Waals surface area contributed by atoms with Crippen molar-refractivity contribution in [2.24, 2.45) is 5.34 Å². The van der Waals surface area contributed by atoms with Crippen LogP contribution in [0, 0.1) is 16.5 Å². The maximum Gasteiger partial charge on any atom is 0.187 e. The molecule has 0 bridgehead atoms. The molecular weight excluding hydrogens is 194 g/mol. The number of halogens is 2. The molecule has 0 heterocycles. The van der Waals surface area contributed by atoms with Gasteiger partial charge in [0.05, 0.1) is 0 Å². The van der Waals surface area contributed by atoms with Crippen molar-refractivity contribution in [3.05, 3.63) is 28.7 Å². The Morgan fingerprint density at radius 1 is 1.50 bits per heavy atom. The second-order valence-corrected chi connectivity index (χ2v) is 2.43. The molecule has 0 saturated carbocycles. The summed E-state index contributed by atoms with van der Waals surface area (Å²) in [6.07, 6.45) is 0. The Morgan fingerprint density at radius 3 is 2.79 bits per heavy atom. The highest BCUT2D eigenvalue weighted by Gasteiger charge is 2.14. The van der Waals surface area contributed by atoms with Crippen LogP contribution in [0.4, 0.5) is 14.5 Å². The molecule has 0 aliphatic rings. The summed E-state index contributed by atoms with van der Waals surface area (Å²) in [4.78, 5) is 14.0. The molecule has 14 heavy (non-hydrogen) atoms. The van der Waals surface area contributed by atoms with Crippen LogP contribution in [0.1, 0.15) is 6.92 Å². The Balaban J connectivity index is 3.14. The van der Waals surface area contributed by atoms with Gasteiger partial charge in [0.1, 0.15) is 5.69 Å². The first-order valence-electron chi connectivity index (χ1n) is 3.92. The molecular formula is C8H8F2N2O2. The van der Waals surface area contributed by atoms with Crippen LogP contribution in [-0.4, -0.2) is 6.54 Å². The van der Waals surface area contributed by atoms with E-state index in [9.17, 15) is 13.7 Å². The van der Waals surface area contributed by atoms with Crippen LogP contribution in [0.25, 0.3) is 0 Å². The topological polar surface area (TPSA) is 50.7 Å². The van der Waals surface area contributed by atoms with Gasteiger partial charge in [-0.1, -0.05) is 0 Å². The lowest BCUT2D eigenvalue weighted by Crippen LogP contribution is -2.03. The van der Waals surface area contributed by atoms with Crippen LogP contribution in [-0.2, 0) is 0 Å². The average Bonchev–Trinajstić information content (AvgIpc) is 2.18. The monoisotopic (exact) mass is 202 g/mol. The van der Waals surface area contributed by atoms with Crippen molar-refractivity contribution >= 4 is 5.69 Å². The highest BCUT2D eigenvalue weighted by atomic mass is 19.2. The number of anilines is 1. The third-order valence-electron chi connectivity index (χ3n) is 1.55. The zero-order valence-electron chi connectivity index (χ0n) is 7.38. The Labute approximate surface area is 78.8 Å². The minimum absolute atomic E-state index is 0.138. The SMILES string of the molecule is CCNc1c(ON=O)ccc(F)c1F. The van der Waals surface area contributed by atoms with Gasteiger partial charge < -0.3 is 10.2 Å². The van der Waals surface area contributed by atoms with Crippen molar-refractivity contribution in [1.29, 1.82) is 0 Å². The molecule has 0 atom stereocenters. The lowest BCUT2D eigenvalue weighted by molar-refractivity contribution is 0.333. The minimum atomic E-state index is -1.09. The van der Waals surface area contributed by atoms with E-state index < -0.39 is 11.6 Å². The van der Waals surface area contributed by atoms with Crippen molar-refractivity contribution in [3.8, 4) is 5.75 Å². The predicted octanol–water partition coefficient (Wildman–Crippen LogP) is 2.46. The average molecular weight is 202 g/mol. The van der Waals surface area contributed by atoms with Crippen LogP contribution in [0.3, 0.4) is 0 Å². The van der Waals surface area contributed by atoms with Crippen LogP contribution in [0.2, 0.25) is 0 Å². The smallest absolute Gasteiger partial charge is 0.187 e. The normalized spacial score (nSPS) is 9.64. The van der Waals surface area contributed by atoms with Crippen molar-refractivity contribution < 1.29 is 13.6 Å². The number of nitrogens with one attached hydrogen (secondary N) is 1. The molecule has 76 valence electrons. The van der Waals surface area contributed by atoms with Gasteiger partial charge in [-0.05, 0) is 19.1 Å². The molecule has 0 spiro atoms. The van der Waals surface area contributed by atoms with Gasteiger partial charge in [0.15, 0.2) is 22.7 Å². The molecule has 0 amide bonds. The van der Waals surface area contributed by atoms with Crippen LogP contribution in [0.5, 0.6) is 5.75 Å². The van der Waals surface area contributed by atoms with E-state index in [1.54, 1.807) is 6.92 Å². The largest absolute Gasteiger partial charge is 0.380 e. The summed E-state index contributed by atoms with van der Waals surface area (Å²) < 4.78 is 25.9. The van der Waals surface area contributed by atoms with E-state index in [0.29, 0.717) is 6.54 Å². The molecule has 1 rings (SSSR count). The molecule has 0 aliphatic heterocycles. The molecule has 1 N–H and O–H groups in total. The molecule has 0 fully saturated rings. The van der Waals surface area contributed by atoms with Crippen molar-refractivity contribution in [2.45, 2.75) is 6.92 Å². The highest BCUT2D eigenvalue weighted by molar-refractivity contribution is 5.57. The summed E-state index contributed by atoms with van der Waals surface area (Å²) in [6, 6.07) is 1.98. The van der Waals surface area contributed by atoms with Gasteiger partial charge in [-0.2, -0.15) is 0 Å². The van der Waals surface area contributed by atoms with E-state index >= 15 is 0 Å². The molecule has 1 aromatic rings. The maximum absolute atomic E-state index is 13.1. The Bertz CT molecular complexity index is 344. The number of hydrogen-bond donors (Lipinski definition) is 1. The van der Waals surface area contributed by atoms with Gasteiger partial charge in [0.2, 0.25) is 0 Å². The maximum atomic E-state index is 13.1. The van der Waals surface area contributed by atoms with E-state index in [1.165, 1.54) is 0 Å². The lowest BCUT2D eigenvalue weighted by atomic mass is 10.2. The van der Waals surface area contributed by atoms with E-state index in [-0.39, 0.29) is 11.4 Å². The first-order valence-corrected chi connectivity index (χ1v) is 3.92. The molecule has 0 radical (unpaired) electrons. The fourth-order valence-electron chi connectivity index (χ4n) is 0.991. The third-order valence-corrected chi connectivity index (χ3v) is 1.55. The summed E-state index contributed by atoms with van der Waals surface area (Å²) in [5.74, 6) is -2.24. The molecule has 4 nitrogen and oxygen atoms in total. The number of hydrogen-bond acceptors (Lipinski definition) is 4. The molecule has 6 heteroatoms. The van der Waals surface area contributed by atoms with Gasteiger partial charge in [-0.25, -0.2) is 8.78 Å². The molecule has 0 aliphatic carbocycles. The van der Waals surface area contributed by atoms with Crippen LogP contribution >= 0.6 is 0 Å². The van der Waals surface area contributed by atoms with Crippen molar-refractivity contribution in [2.75, 3.05) is 11.9 Å². The van der Waals surface area contributed by atoms with Crippen molar-refractivity contribution in [3.63, 3.8) is 0 Å². The summed E-state index contributed by atoms with van der Waals surface area (Å²) in [5.41, 5.74) is -0.202. The summed E-state index contributed by atoms with van der Waals surface area (Å²) in [6.45, 7) is 2.07. The van der Waals surface area contributed by atoms with Crippen molar-refractivity contribution in [1.82, 2.24) is 0 Å². The van der Waals surface area contributed by atoms with Gasteiger partial charge in [-0.3, -0.25) is 0 Å². The van der Waals surface area contributed by atoms with E-state index in [4.69, 9.17) is 0 Å². The fourth-order valence-corrected chi connectivity index (χ4v) is 0.991. The fraction of sp³-hybridized carbons (Fsp3) is 0.250. The second-order valence-electron chi connectivity index (χ2n) is 2.43.